The van der Waals surface area contributed by atoms with Crippen molar-refractivity contribution in [2.24, 2.45) is 0 Å². The SMILES string of the molecule is Cc1ccc(C(=O)N(C)Cc2ccccc2O)cc1Br. The van der Waals surface area contributed by atoms with E-state index in [1.807, 2.05) is 37.3 Å². The molecule has 20 heavy (non-hydrogen) atoms. The van der Waals surface area contributed by atoms with E-state index in [1.165, 1.54) is 0 Å². The van der Waals surface area contributed by atoms with Gasteiger partial charge in [-0.1, -0.05) is 40.2 Å². The first-order valence-corrected chi connectivity index (χ1v) is 7.07. The molecule has 0 unspecified atom stereocenters. The highest BCUT2D eigenvalue weighted by molar-refractivity contribution is 9.10. The van der Waals surface area contributed by atoms with Gasteiger partial charge in [-0.15, -0.1) is 0 Å². The fourth-order valence-corrected chi connectivity index (χ4v) is 2.30. The van der Waals surface area contributed by atoms with Crippen LogP contribution in [0.4, 0.5) is 0 Å². The molecule has 0 bridgehead atoms. The third-order valence-corrected chi connectivity index (χ3v) is 4.02. The van der Waals surface area contributed by atoms with Gasteiger partial charge in [-0.25, -0.2) is 0 Å². The number of rotatable bonds is 3. The van der Waals surface area contributed by atoms with Gasteiger partial charge >= 0.3 is 0 Å². The third kappa shape index (κ3) is 3.20. The van der Waals surface area contributed by atoms with E-state index in [2.05, 4.69) is 15.9 Å². The Balaban J connectivity index is 2.16. The van der Waals surface area contributed by atoms with Crippen LogP contribution in [0, 0.1) is 6.92 Å². The molecule has 0 aliphatic carbocycles. The van der Waals surface area contributed by atoms with Crippen LogP contribution in [0.15, 0.2) is 46.9 Å². The van der Waals surface area contributed by atoms with Crippen molar-refractivity contribution < 1.29 is 9.90 Å². The summed E-state index contributed by atoms with van der Waals surface area (Å²) in [6.07, 6.45) is 0. The standard InChI is InChI=1S/C16H16BrNO2/c1-11-7-8-12(9-14(11)17)16(20)18(2)10-13-5-3-4-6-15(13)19/h3-9,19H,10H2,1-2H3. The number of phenols is 1. The summed E-state index contributed by atoms with van der Waals surface area (Å²) >= 11 is 3.43. The van der Waals surface area contributed by atoms with Gasteiger partial charge in [0.1, 0.15) is 5.75 Å². The average Bonchev–Trinajstić information content (AvgIpc) is 2.43. The Morgan fingerprint density at radius 2 is 1.95 bits per heavy atom. The molecule has 0 fully saturated rings. The topological polar surface area (TPSA) is 40.5 Å². The summed E-state index contributed by atoms with van der Waals surface area (Å²) < 4.78 is 0.916. The molecular weight excluding hydrogens is 318 g/mol. The number of amides is 1. The fourth-order valence-electron chi connectivity index (χ4n) is 1.92. The number of phenolic OH excluding ortho intramolecular Hbond substituents is 1. The maximum atomic E-state index is 12.3. The molecule has 2 rings (SSSR count). The lowest BCUT2D eigenvalue weighted by Gasteiger charge is -2.18. The Hall–Kier alpha value is -1.81. The van der Waals surface area contributed by atoms with Crippen molar-refractivity contribution in [1.82, 2.24) is 4.90 Å². The monoisotopic (exact) mass is 333 g/mol. The molecule has 0 aromatic heterocycles. The molecular formula is C16H16BrNO2. The zero-order valence-corrected chi connectivity index (χ0v) is 13.0. The van der Waals surface area contributed by atoms with E-state index in [0.717, 1.165) is 15.6 Å². The highest BCUT2D eigenvalue weighted by atomic mass is 79.9. The van der Waals surface area contributed by atoms with Gasteiger partial charge in [0, 0.05) is 29.2 Å². The van der Waals surface area contributed by atoms with Gasteiger partial charge in [0.05, 0.1) is 0 Å². The van der Waals surface area contributed by atoms with Crippen molar-refractivity contribution >= 4 is 21.8 Å². The second-order valence-corrected chi connectivity index (χ2v) is 5.61. The number of hydrogen-bond donors (Lipinski definition) is 1. The van der Waals surface area contributed by atoms with Gasteiger partial charge in [0.25, 0.3) is 5.91 Å². The van der Waals surface area contributed by atoms with Gasteiger partial charge in [-0.3, -0.25) is 4.79 Å². The van der Waals surface area contributed by atoms with Crippen molar-refractivity contribution in [2.75, 3.05) is 7.05 Å². The van der Waals surface area contributed by atoms with Crippen LogP contribution in [0.25, 0.3) is 0 Å². The maximum Gasteiger partial charge on any atom is 0.253 e. The van der Waals surface area contributed by atoms with Gasteiger partial charge in [-0.2, -0.15) is 0 Å². The molecule has 3 nitrogen and oxygen atoms in total. The minimum Gasteiger partial charge on any atom is -0.508 e. The Labute approximate surface area is 127 Å². The second-order valence-electron chi connectivity index (χ2n) is 4.75. The molecule has 0 radical (unpaired) electrons. The molecule has 0 saturated heterocycles. The quantitative estimate of drug-likeness (QED) is 0.929. The first-order chi connectivity index (χ1) is 9.49. The lowest BCUT2D eigenvalue weighted by molar-refractivity contribution is 0.0784. The minimum absolute atomic E-state index is 0.0750. The zero-order valence-electron chi connectivity index (χ0n) is 11.4. The molecule has 104 valence electrons. The predicted molar refractivity (Wildman–Crippen MR) is 82.8 cm³/mol. The molecule has 0 heterocycles. The molecule has 0 atom stereocenters. The lowest BCUT2D eigenvalue weighted by atomic mass is 10.1. The van der Waals surface area contributed by atoms with Crippen molar-refractivity contribution in [1.29, 1.82) is 0 Å². The van der Waals surface area contributed by atoms with Crippen LogP contribution in [0.1, 0.15) is 21.5 Å². The summed E-state index contributed by atoms with van der Waals surface area (Å²) in [5, 5.41) is 9.75. The second kappa shape index (κ2) is 6.09. The smallest absolute Gasteiger partial charge is 0.253 e. The van der Waals surface area contributed by atoms with Crippen LogP contribution >= 0.6 is 15.9 Å². The van der Waals surface area contributed by atoms with Crippen molar-refractivity contribution in [2.45, 2.75) is 13.5 Å². The van der Waals surface area contributed by atoms with Crippen molar-refractivity contribution in [3.8, 4) is 5.75 Å². The predicted octanol–water partition coefficient (Wildman–Crippen LogP) is 3.74. The van der Waals surface area contributed by atoms with Crippen molar-refractivity contribution in [3.05, 3.63) is 63.6 Å². The summed E-state index contributed by atoms with van der Waals surface area (Å²) in [6.45, 7) is 2.35. The summed E-state index contributed by atoms with van der Waals surface area (Å²) in [5.41, 5.74) is 2.44. The van der Waals surface area contributed by atoms with E-state index in [1.54, 1.807) is 24.1 Å². The van der Waals surface area contributed by atoms with Crippen LogP contribution in [0.5, 0.6) is 5.75 Å². The number of benzene rings is 2. The van der Waals surface area contributed by atoms with E-state index in [0.29, 0.717) is 12.1 Å². The van der Waals surface area contributed by atoms with E-state index in [4.69, 9.17) is 0 Å². The maximum absolute atomic E-state index is 12.3. The number of hydrogen-bond acceptors (Lipinski definition) is 2. The van der Waals surface area contributed by atoms with Crippen LogP contribution in [-0.4, -0.2) is 23.0 Å². The summed E-state index contributed by atoms with van der Waals surface area (Å²) in [4.78, 5) is 13.9. The van der Waals surface area contributed by atoms with Gasteiger partial charge < -0.3 is 10.0 Å². The summed E-state index contributed by atoms with van der Waals surface area (Å²) in [5.74, 6) is 0.131. The lowest BCUT2D eigenvalue weighted by Crippen LogP contribution is -2.26. The molecule has 0 aliphatic rings. The molecule has 0 aliphatic heterocycles. The number of aryl methyl sites for hydroxylation is 1. The first kappa shape index (κ1) is 14.6. The molecule has 4 heteroatoms. The van der Waals surface area contributed by atoms with Crippen molar-refractivity contribution in [3.63, 3.8) is 0 Å². The minimum atomic E-state index is -0.0750. The number of aromatic hydroxyl groups is 1. The highest BCUT2D eigenvalue weighted by Gasteiger charge is 2.14. The summed E-state index contributed by atoms with van der Waals surface area (Å²) in [7, 11) is 1.72. The largest absolute Gasteiger partial charge is 0.508 e. The Kier molecular flexibility index (Phi) is 4.45. The van der Waals surface area contributed by atoms with E-state index >= 15 is 0 Å². The molecule has 0 saturated carbocycles. The Morgan fingerprint density at radius 1 is 1.25 bits per heavy atom. The van der Waals surface area contributed by atoms with Gasteiger partial charge in [0.2, 0.25) is 0 Å². The van der Waals surface area contributed by atoms with Gasteiger partial charge in [0.15, 0.2) is 0 Å². The van der Waals surface area contributed by atoms with Crippen LogP contribution in [0.2, 0.25) is 0 Å². The number of para-hydroxylation sites is 1. The molecule has 0 spiro atoms. The average molecular weight is 334 g/mol. The zero-order chi connectivity index (χ0) is 14.7. The molecule has 1 amide bonds. The van der Waals surface area contributed by atoms with Crippen LogP contribution in [-0.2, 0) is 6.54 Å². The number of carbonyl (C=O) groups is 1. The fraction of sp³-hybridized carbons (Fsp3) is 0.188. The van der Waals surface area contributed by atoms with Gasteiger partial charge in [-0.05, 0) is 30.7 Å². The van der Waals surface area contributed by atoms with E-state index < -0.39 is 0 Å². The van der Waals surface area contributed by atoms with E-state index in [-0.39, 0.29) is 11.7 Å². The molecule has 2 aromatic carbocycles. The van der Waals surface area contributed by atoms with E-state index in [9.17, 15) is 9.90 Å². The number of carbonyl (C=O) groups excluding carboxylic acids is 1. The number of nitrogens with zero attached hydrogens (tertiary/aromatic N) is 1. The Bertz CT molecular complexity index is 640. The van der Waals surface area contributed by atoms with Crippen LogP contribution in [0.3, 0.4) is 0 Å². The molecule has 2 aromatic rings. The first-order valence-electron chi connectivity index (χ1n) is 6.27. The third-order valence-electron chi connectivity index (χ3n) is 3.16. The normalized spacial score (nSPS) is 10.3. The summed E-state index contributed by atoms with van der Waals surface area (Å²) in [6, 6.07) is 12.6. The highest BCUT2D eigenvalue weighted by Crippen LogP contribution is 2.21. The molecule has 1 N–H and O–H groups in total. The van der Waals surface area contributed by atoms with Crippen LogP contribution < -0.4 is 0 Å². The Morgan fingerprint density at radius 3 is 2.60 bits per heavy atom. The number of halogens is 1.